The van der Waals surface area contributed by atoms with Gasteiger partial charge in [-0.2, -0.15) is 0 Å². The molecule has 0 saturated heterocycles. The fourth-order valence-corrected chi connectivity index (χ4v) is 2.84. The third kappa shape index (κ3) is 5.84. The lowest BCUT2D eigenvalue weighted by atomic mass is 10.1. The molecule has 0 spiro atoms. The van der Waals surface area contributed by atoms with Gasteiger partial charge in [0, 0.05) is 29.8 Å². The Morgan fingerprint density at radius 2 is 1.76 bits per heavy atom. The average molecular weight is 404 g/mol. The molecule has 3 rings (SSSR count). The number of halogens is 3. The molecule has 0 aliphatic heterocycles. The van der Waals surface area contributed by atoms with Crippen molar-refractivity contribution in [1.29, 1.82) is 0 Å². The molecule has 0 heterocycles. The number of nitrogens with two attached hydrogens (primary N) is 1. The van der Waals surface area contributed by atoms with Gasteiger partial charge >= 0.3 is 6.36 Å². The maximum Gasteiger partial charge on any atom is 0.573 e. The maximum absolute atomic E-state index is 12.7. The molecule has 0 radical (unpaired) electrons. The number of hydrogen-bond acceptors (Lipinski definition) is 3. The van der Waals surface area contributed by atoms with Gasteiger partial charge in [-0.25, -0.2) is 0 Å². The van der Waals surface area contributed by atoms with Crippen LogP contribution in [0.4, 0.5) is 13.2 Å². The molecular weight excluding hydrogens is 385 g/mol. The first-order valence-corrected chi connectivity index (χ1v) is 8.95. The van der Waals surface area contributed by atoms with Crippen molar-refractivity contribution in [3.8, 4) is 5.75 Å². The van der Waals surface area contributed by atoms with Crippen LogP contribution in [0.1, 0.15) is 34.3 Å². The molecule has 1 saturated carbocycles. The number of nitrogens with zero attached hydrogens (tertiary/aromatic N) is 1. The highest BCUT2D eigenvalue weighted by Crippen LogP contribution is 2.30. The summed E-state index contributed by atoms with van der Waals surface area (Å²) in [6.07, 6.45) is -0.520. The van der Waals surface area contributed by atoms with E-state index in [1.54, 1.807) is 35.2 Å². The minimum atomic E-state index is -4.81. The maximum atomic E-state index is 12.7. The Balaban J connectivity index is 1.73. The standard InChI is InChI=1S/C21H19F3N2O3/c22-21(23,24)29-18-4-2-1-3-15(18)9-12-19(27)26(17-10-11-17)13-14-5-7-16(8-6-14)20(25)28/h1-9,12,17H,10-11,13H2,(H2,25,28). The second-order valence-corrected chi connectivity index (χ2v) is 6.68. The fourth-order valence-electron chi connectivity index (χ4n) is 2.84. The molecule has 0 unspecified atom stereocenters. The summed E-state index contributed by atoms with van der Waals surface area (Å²) in [4.78, 5) is 25.5. The molecule has 0 atom stereocenters. The molecule has 2 aromatic carbocycles. The summed E-state index contributed by atoms with van der Waals surface area (Å²) in [5.74, 6) is -1.22. The van der Waals surface area contributed by atoms with Crippen molar-refractivity contribution in [3.05, 3.63) is 71.3 Å². The number of alkyl halides is 3. The summed E-state index contributed by atoms with van der Waals surface area (Å²) in [5, 5.41) is 0. The first-order chi connectivity index (χ1) is 13.7. The number of amides is 2. The molecule has 29 heavy (non-hydrogen) atoms. The van der Waals surface area contributed by atoms with Gasteiger partial charge in [0.15, 0.2) is 0 Å². The number of ether oxygens (including phenoxy) is 1. The number of benzene rings is 2. The molecular formula is C21H19F3N2O3. The van der Waals surface area contributed by atoms with Crippen molar-refractivity contribution in [2.75, 3.05) is 0 Å². The van der Waals surface area contributed by atoms with Crippen LogP contribution in [0.5, 0.6) is 5.75 Å². The van der Waals surface area contributed by atoms with E-state index in [1.807, 2.05) is 0 Å². The Morgan fingerprint density at radius 3 is 2.34 bits per heavy atom. The Kier molecular flexibility index (Phi) is 5.91. The van der Waals surface area contributed by atoms with Crippen LogP contribution in [-0.4, -0.2) is 29.1 Å². The van der Waals surface area contributed by atoms with Crippen LogP contribution < -0.4 is 10.5 Å². The van der Waals surface area contributed by atoms with Gasteiger partial charge in [-0.05, 0) is 42.7 Å². The lowest BCUT2D eigenvalue weighted by Crippen LogP contribution is -2.31. The molecule has 0 aromatic heterocycles. The summed E-state index contributed by atoms with van der Waals surface area (Å²) in [5.41, 5.74) is 6.57. The molecule has 8 heteroatoms. The molecule has 2 N–H and O–H groups in total. The summed E-state index contributed by atoms with van der Waals surface area (Å²) < 4.78 is 41.6. The fraction of sp³-hybridized carbons (Fsp3) is 0.238. The first kappa shape index (κ1) is 20.4. The lowest BCUT2D eigenvalue weighted by Gasteiger charge is -2.21. The Bertz CT molecular complexity index is 920. The molecule has 0 bridgehead atoms. The quantitative estimate of drug-likeness (QED) is 0.712. The lowest BCUT2D eigenvalue weighted by molar-refractivity contribution is -0.274. The van der Waals surface area contributed by atoms with Gasteiger partial charge in [0.2, 0.25) is 11.8 Å². The number of carbonyl (C=O) groups excluding carboxylic acids is 2. The summed E-state index contributed by atoms with van der Waals surface area (Å²) in [7, 11) is 0. The van der Waals surface area contributed by atoms with Crippen LogP contribution in [0.3, 0.4) is 0 Å². The van der Waals surface area contributed by atoms with E-state index in [0.29, 0.717) is 12.1 Å². The van der Waals surface area contributed by atoms with E-state index in [0.717, 1.165) is 18.4 Å². The van der Waals surface area contributed by atoms with Gasteiger partial charge in [-0.15, -0.1) is 13.2 Å². The predicted molar refractivity (Wildman–Crippen MR) is 101 cm³/mol. The summed E-state index contributed by atoms with van der Waals surface area (Å²) >= 11 is 0. The van der Waals surface area contributed by atoms with Crippen LogP contribution in [0.15, 0.2) is 54.6 Å². The van der Waals surface area contributed by atoms with E-state index in [9.17, 15) is 22.8 Å². The Morgan fingerprint density at radius 1 is 1.10 bits per heavy atom. The minimum Gasteiger partial charge on any atom is -0.405 e. The molecule has 2 aromatic rings. The van der Waals surface area contributed by atoms with Gasteiger partial charge in [0.05, 0.1) is 0 Å². The molecule has 1 aliphatic rings. The number of carbonyl (C=O) groups is 2. The van der Waals surface area contributed by atoms with Crippen LogP contribution in [0, 0.1) is 0 Å². The zero-order valence-electron chi connectivity index (χ0n) is 15.4. The van der Waals surface area contributed by atoms with E-state index in [2.05, 4.69) is 4.74 Å². The normalized spacial score (nSPS) is 14.0. The van der Waals surface area contributed by atoms with Gasteiger partial charge < -0.3 is 15.4 Å². The van der Waals surface area contributed by atoms with Crippen LogP contribution in [-0.2, 0) is 11.3 Å². The monoisotopic (exact) mass is 404 g/mol. The van der Waals surface area contributed by atoms with E-state index in [4.69, 9.17) is 5.73 Å². The number of primary amides is 1. The summed E-state index contributed by atoms with van der Waals surface area (Å²) in [6.45, 7) is 0.327. The van der Waals surface area contributed by atoms with E-state index >= 15 is 0 Å². The number of para-hydroxylation sites is 1. The molecule has 1 fully saturated rings. The second-order valence-electron chi connectivity index (χ2n) is 6.68. The third-order valence-electron chi connectivity index (χ3n) is 4.41. The van der Waals surface area contributed by atoms with Crippen molar-refractivity contribution in [2.24, 2.45) is 5.73 Å². The van der Waals surface area contributed by atoms with E-state index in [-0.39, 0.29) is 23.3 Å². The van der Waals surface area contributed by atoms with Crippen LogP contribution in [0.2, 0.25) is 0 Å². The van der Waals surface area contributed by atoms with Gasteiger partial charge in [-0.1, -0.05) is 30.3 Å². The van der Waals surface area contributed by atoms with E-state index in [1.165, 1.54) is 30.4 Å². The number of rotatable bonds is 7. The second kappa shape index (κ2) is 8.38. The van der Waals surface area contributed by atoms with Gasteiger partial charge in [0.1, 0.15) is 5.75 Å². The summed E-state index contributed by atoms with van der Waals surface area (Å²) in [6, 6.07) is 12.3. The zero-order chi connectivity index (χ0) is 21.0. The van der Waals surface area contributed by atoms with Crippen LogP contribution >= 0.6 is 0 Å². The Labute approximate surface area is 165 Å². The molecule has 5 nitrogen and oxygen atoms in total. The average Bonchev–Trinajstić information content (AvgIpc) is 3.49. The van der Waals surface area contributed by atoms with Crippen molar-refractivity contribution in [1.82, 2.24) is 4.90 Å². The SMILES string of the molecule is NC(=O)c1ccc(CN(C(=O)C=Cc2ccccc2OC(F)(F)F)C2CC2)cc1. The van der Waals surface area contributed by atoms with Crippen molar-refractivity contribution >= 4 is 17.9 Å². The highest BCUT2D eigenvalue weighted by Gasteiger charge is 2.33. The molecule has 152 valence electrons. The van der Waals surface area contributed by atoms with Crippen molar-refractivity contribution in [3.63, 3.8) is 0 Å². The minimum absolute atomic E-state index is 0.0876. The van der Waals surface area contributed by atoms with Crippen LogP contribution in [0.25, 0.3) is 6.08 Å². The number of hydrogen-bond donors (Lipinski definition) is 1. The Hall–Kier alpha value is -3.29. The van der Waals surface area contributed by atoms with Crippen molar-refractivity contribution in [2.45, 2.75) is 31.8 Å². The smallest absolute Gasteiger partial charge is 0.405 e. The largest absolute Gasteiger partial charge is 0.573 e. The first-order valence-electron chi connectivity index (χ1n) is 8.95. The highest BCUT2D eigenvalue weighted by molar-refractivity contribution is 5.93. The topological polar surface area (TPSA) is 72.6 Å². The predicted octanol–water partition coefficient (Wildman–Crippen LogP) is 3.89. The third-order valence-corrected chi connectivity index (χ3v) is 4.41. The van der Waals surface area contributed by atoms with Crippen molar-refractivity contribution < 1.29 is 27.5 Å². The van der Waals surface area contributed by atoms with Gasteiger partial charge in [0.25, 0.3) is 0 Å². The molecule has 2 amide bonds. The highest BCUT2D eigenvalue weighted by atomic mass is 19.4. The van der Waals surface area contributed by atoms with Gasteiger partial charge in [-0.3, -0.25) is 9.59 Å². The van der Waals surface area contributed by atoms with E-state index < -0.39 is 12.3 Å². The zero-order valence-corrected chi connectivity index (χ0v) is 15.4. The molecule has 1 aliphatic carbocycles.